The second-order valence-corrected chi connectivity index (χ2v) is 6.45. The number of aliphatic imine (C=N–C) groups is 1. The molecular weight excluding hydrogens is 284 g/mol. The van der Waals surface area contributed by atoms with Crippen molar-refractivity contribution in [3.8, 4) is 0 Å². The average molecular weight is 306 g/mol. The predicted octanol–water partition coefficient (Wildman–Crippen LogP) is 1.52. The maximum Gasteiger partial charge on any atom is 0.191 e. The molecule has 0 unspecified atom stereocenters. The summed E-state index contributed by atoms with van der Waals surface area (Å²) in [4.78, 5) is 5.60. The summed E-state index contributed by atoms with van der Waals surface area (Å²) in [5, 5.41) is 16.6. The van der Waals surface area contributed by atoms with Gasteiger partial charge in [0.1, 0.15) is 6.33 Å². The van der Waals surface area contributed by atoms with Gasteiger partial charge in [-0.1, -0.05) is 19.9 Å². The molecule has 6 nitrogen and oxygen atoms in total. The van der Waals surface area contributed by atoms with E-state index in [4.69, 9.17) is 0 Å². The number of nitrogens with one attached hydrogen (secondary N) is 2. The third-order valence-corrected chi connectivity index (χ3v) is 4.56. The molecular formula is C14H22N6S. The number of thiophene rings is 1. The lowest BCUT2D eigenvalue weighted by Gasteiger charge is -2.25. The van der Waals surface area contributed by atoms with Gasteiger partial charge in [0.05, 0.1) is 6.54 Å². The van der Waals surface area contributed by atoms with Crippen molar-refractivity contribution in [3.63, 3.8) is 0 Å². The molecule has 2 aromatic rings. The molecule has 0 atom stereocenters. The zero-order valence-corrected chi connectivity index (χ0v) is 13.7. The van der Waals surface area contributed by atoms with Crippen LogP contribution in [0.2, 0.25) is 0 Å². The fraction of sp³-hybridized carbons (Fsp3) is 0.500. The number of guanidine groups is 1. The molecule has 2 rings (SSSR count). The van der Waals surface area contributed by atoms with E-state index >= 15 is 0 Å². The van der Waals surface area contributed by atoms with E-state index in [9.17, 15) is 0 Å². The fourth-order valence-electron chi connectivity index (χ4n) is 1.91. The van der Waals surface area contributed by atoms with Crippen molar-refractivity contribution >= 4 is 17.3 Å². The van der Waals surface area contributed by atoms with Gasteiger partial charge >= 0.3 is 0 Å². The Morgan fingerprint density at radius 3 is 2.81 bits per heavy atom. The van der Waals surface area contributed by atoms with Crippen molar-refractivity contribution in [2.45, 2.75) is 25.8 Å². The third kappa shape index (κ3) is 4.04. The number of aromatic nitrogens is 3. The van der Waals surface area contributed by atoms with Crippen LogP contribution in [0.5, 0.6) is 0 Å². The van der Waals surface area contributed by atoms with Gasteiger partial charge in [0.25, 0.3) is 0 Å². The normalized spacial score (nSPS) is 12.5. The lowest BCUT2D eigenvalue weighted by molar-refractivity contribution is 0.518. The molecule has 0 amide bonds. The first-order valence-electron chi connectivity index (χ1n) is 6.84. The number of aryl methyl sites for hydroxylation is 1. The van der Waals surface area contributed by atoms with E-state index in [0.717, 1.165) is 18.3 Å². The minimum absolute atomic E-state index is 0.0660. The highest BCUT2D eigenvalue weighted by molar-refractivity contribution is 7.10. The molecule has 0 saturated heterocycles. The Morgan fingerprint density at radius 2 is 2.24 bits per heavy atom. The molecule has 0 aliphatic heterocycles. The molecule has 0 bridgehead atoms. The van der Waals surface area contributed by atoms with E-state index in [1.165, 1.54) is 4.88 Å². The molecule has 7 heteroatoms. The molecule has 0 spiro atoms. The third-order valence-electron chi connectivity index (χ3n) is 3.33. The molecule has 2 aromatic heterocycles. The van der Waals surface area contributed by atoms with Gasteiger partial charge < -0.3 is 15.2 Å². The van der Waals surface area contributed by atoms with Crippen molar-refractivity contribution in [2.75, 3.05) is 13.6 Å². The number of nitrogens with zero attached hydrogens (tertiary/aromatic N) is 4. The van der Waals surface area contributed by atoms with Crippen molar-refractivity contribution in [2.24, 2.45) is 12.0 Å². The van der Waals surface area contributed by atoms with Gasteiger partial charge in [-0.2, -0.15) is 0 Å². The molecule has 0 saturated carbocycles. The summed E-state index contributed by atoms with van der Waals surface area (Å²) >= 11 is 1.78. The topological polar surface area (TPSA) is 67.1 Å². The lowest BCUT2D eigenvalue weighted by atomic mass is 9.91. The second-order valence-electron chi connectivity index (χ2n) is 5.50. The summed E-state index contributed by atoms with van der Waals surface area (Å²) < 4.78 is 1.88. The highest BCUT2D eigenvalue weighted by Crippen LogP contribution is 2.26. The second kappa shape index (κ2) is 6.71. The Morgan fingerprint density at radius 1 is 1.43 bits per heavy atom. The maximum atomic E-state index is 4.24. The van der Waals surface area contributed by atoms with Gasteiger partial charge in [0, 0.05) is 30.9 Å². The lowest BCUT2D eigenvalue weighted by Crippen LogP contribution is -2.43. The van der Waals surface area contributed by atoms with Crippen molar-refractivity contribution < 1.29 is 0 Å². The first-order valence-corrected chi connectivity index (χ1v) is 7.72. The number of hydrogen-bond donors (Lipinski definition) is 2. The van der Waals surface area contributed by atoms with Crippen LogP contribution in [0.1, 0.15) is 24.5 Å². The fourth-order valence-corrected chi connectivity index (χ4v) is 2.76. The molecule has 2 N–H and O–H groups in total. The highest BCUT2D eigenvalue weighted by Gasteiger charge is 2.21. The Labute approximate surface area is 129 Å². The molecule has 0 fully saturated rings. The summed E-state index contributed by atoms with van der Waals surface area (Å²) in [7, 11) is 3.69. The van der Waals surface area contributed by atoms with Crippen molar-refractivity contribution in [1.29, 1.82) is 0 Å². The van der Waals surface area contributed by atoms with Crippen LogP contribution in [-0.4, -0.2) is 34.3 Å². The van der Waals surface area contributed by atoms with Crippen LogP contribution in [-0.2, 0) is 19.0 Å². The van der Waals surface area contributed by atoms with Crippen LogP contribution >= 0.6 is 11.3 Å². The van der Waals surface area contributed by atoms with E-state index in [1.807, 2.05) is 11.6 Å². The largest absolute Gasteiger partial charge is 0.356 e. The van der Waals surface area contributed by atoms with Gasteiger partial charge in [-0.3, -0.25) is 4.99 Å². The van der Waals surface area contributed by atoms with Crippen LogP contribution in [0.15, 0.2) is 28.8 Å². The van der Waals surface area contributed by atoms with Gasteiger partial charge in [-0.15, -0.1) is 21.5 Å². The zero-order valence-electron chi connectivity index (χ0n) is 12.9. The van der Waals surface area contributed by atoms with Crippen molar-refractivity contribution in [1.82, 2.24) is 25.4 Å². The Bertz CT molecular complexity index is 584. The Hall–Kier alpha value is -1.89. The smallest absolute Gasteiger partial charge is 0.191 e. The Balaban J connectivity index is 1.87. The van der Waals surface area contributed by atoms with Crippen LogP contribution in [0.4, 0.5) is 0 Å². The molecule has 0 aromatic carbocycles. The number of hydrogen-bond acceptors (Lipinski definition) is 4. The summed E-state index contributed by atoms with van der Waals surface area (Å²) in [5.74, 6) is 1.64. The van der Waals surface area contributed by atoms with Crippen LogP contribution in [0.3, 0.4) is 0 Å². The van der Waals surface area contributed by atoms with E-state index in [2.05, 4.69) is 57.2 Å². The van der Waals surface area contributed by atoms with E-state index in [0.29, 0.717) is 6.54 Å². The van der Waals surface area contributed by atoms with Crippen molar-refractivity contribution in [3.05, 3.63) is 34.5 Å². The van der Waals surface area contributed by atoms with Crippen LogP contribution in [0, 0.1) is 0 Å². The average Bonchev–Trinajstić information content (AvgIpc) is 3.11. The monoisotopic (exact) mass is 306 g/mol. The van der Waals surface area contributed by atoms with E-state index < -0.39 is 0 Å². The quantitative estimate of drug-likeness (QED) is 0.649. The number of rotatable bonds is 5. The first kappa shape index (κ1) is 15.5. The van der Waals surface area contributed by atoms with Gasteiger partial charge in [0.2, 0.25) is 0 Å². The summed E-state index contributed by atoms with van der Waals surface area (Å²) in [6.45, 7) is 5.85. The van der Waals surface area contributed by atoms with E-state index in [1.54, 1.807) is 24.7 Å². The molecule has 21 heavy (non-hydrogen) atoms. The molecule has 0 aliphatic carbocycles. The minimum atomic E-state index is 0.0660. The predicted molar refractivity (Wildman–Crippen MR) is 86.5 cm³/mol. The zero-order chi connectivity index (χ0) is 15.3. The summed E-state index contributed by atoms with van der Waals surface area (Å²) in [6, 6.07) is 4.25. The SMILES string of the molecule is CN=C(NCc1nncn1C)NCC(C)(C)c1cccs1. The Kier molecular flexibility index (Phi) is 4.95. The molecule has 114 valence electrons. The minimum Gasteiger partial charge on any atom is -0.356 e. The molecule has 0 radical (unpaired) electrons. The van der Waals surface area contributed by atoms with Crippen LogP contribution in [0.25, 0.3) is 0 Å². The van der Waals surface area contributed by atoms with Gasteiger partial charge in [0.15, 0.2) is 11.8 Å². The molecule has 0 aliphatic rings. The van der Waals surface area contributed by atoms with E-state index in [-0.39, 0.29) is 5.41 Å². The van der Waals surface area contributed by atoms with Gasteiger partial charge in [-0.25, -0.2) is 0 Å². The standard InChI is InChI=1S/C14H22N6S/c1-14(2,11-6-5-7-21-11)9-17-13(15-3)16-8-12-19-18-10-20(12)4/h5-7,10H,8-9H2,1-4H3,(H2,15,16,17). The highest BCUT2D eigenvalue weighted by atomic mass is 32.1. The maximum absolute atomic E-state index is 4.24. The summed E-state index contributed by atoms with van der Waals surface area (Å²) in [6.07, 6.45) is 1.69. The summed E-state index contributed by atoms with van der Waals surface area (Å²) in [5.41, 5.74) is 0.0660. The molecule has 2 heterocycles. The van der Waals surface area contributed by atoms with Gasteiger partial charge in [-0.05, 0) is 11.4 Å². The first-order chi connectivity index (χ1) is 10.0. The van der Waals surface area contributed by atoms with Crippen LogP contribution < -0.4 is 10.6 Å².